The highest BCUT2D eigenvalue weighted by molar-refractivity contribution is 5.79. The highest BCUT2D eigenvalue weighted by Crippen LogP contribution is 2.13. The summed E-state index contributed by atoms with van der Waals surface area (Å²) in [5.41, 5.74) is 2.31. The third-order valence-corrected chi connectivity index (χ3v) is 4.17. The van der Waals surface area contributed by atoms with Crippen LogP contribution in [0.25, 0.3) is 0 Å². The molecule has 0 aromatic heterocycles. The van der Waals surface area contributed by atoms with Crippen LogP contribution in [0.1, 0.15) is 11.5 Å². The van der Waals surface area contributed by atoms with E-state index >= 15 is 0 Å². The molecule has 1 unspecified atom stereocenters. The lowest BCUT2D eigenvalue weighted by Gasteiger charge is -2.21. The fraction of sp³-hybridized carbons (Fsp3) is 0.350. The Labute approximate surface area is 150 Å². The molecule has 3 N–H and O–H groups in total. The SMILES string of the molecule is CN=C(NCCN(C)c1ccccc1)NCC(CO)c1ccccc1. The first-order valence-corrected chi connectivity index (χ1v) is 8.61. The second-order valence-corrected chi connectivity index (χ2v) is 5.93. The van der Waals surface area contributed by atoms with Crippen LogP contribution in [0.5, 0.6) is 0 Å². The molecule has 2 rings (SSSR count). The fourth-order valence-corrected chi connectivity index (χ4v) is 2.61. The molecule has 0 spiro atoms. The molecule has 1 atom stereocenters. The number of aliphatic hydroxyl groups excluding tert-OH is 1. The van der Waals surface area contributed by atoms with Crippen molar-refractivity contribution in [2.45, 2.75) is 5.92 Å². The highest BCUT2D eigenvalue weighted by Gasteiger charge is 2.10. The second kappa shape index (κ2) is 10.4. The molecular formula is C20H28N4O. The minimum Gasteiger partial charge on any atom is -0.396 e. The standard InChI is InChI=1S/C20H28N4O/c1-21-20(22-13-14-24(2)19-11-7-4-8-12-19)23-15-18(16-25)17-9-5-3-6-10-17/h3-12,18,25H,13-16H2,1-2H3,(H2,21,22,23). The number of para-hydroxylation sites is 1. The van der Waals surface area contributed by atoms with E-state index < -0.39 is 0 Å². The highest BCUT2D eigenvalue weighted by atomic mass is 16.3. The Morgan fingerprint density at radius 2 is 1.68 bits per heavy atom. The van der Waals surface area contributed by atoms with E-state index in [0.717, 1.165) is 24.6 Å². The number of aliphatic hydroxyl groups is 1. The predicted molar refractivity (Wildman–Crippen MR) is 105 cm³/mol. The number of rotatable bonds is 8. The van der Waals surface area contributed by atoms with Gasteiger partial charge in [0.25, 0.3) is 0 Å². The Kier molecular flexibility index (Phi) is 7.79. The van der Waals surface area contributed by atoms with Crippen molar-refractivity contribution in [2.75, 3.05) is 45.2 Å². The van der Waals surface area contributed by atoms with E-state index in [1.807, 2.05) is 48.5 Å². The summed E-state index contributed by atoms with van der Waals surface area (Å²) in [6, 6.07) is 20.3. The molecule has 0 radical (unpaired) electrons. The van der Waals surface area contributed by atoms with Crippen LogP contribution in [0.4, 0.5) is 5.69 Å². The summed E-state index contributed by atoms with van der Waals surface area (Å²) in [7, 11) is 3.83. The topological polar surface area (TPSA) is 59.9 Å². The van der Waals surface area contributed by atoms with Gasteiger partial charge in [0.15, 0.2) is 5.96 Å². The molecule has 5 nitrogen and oxygen atoms in total. The summed E-state index contributed by atoms with van der Waals surface area (Å²) < 4.78 is 0. The third kappa shape index (κ3) is 6.12. The molecule has 0 aliphatic heterocycles. The zero-order valence-corrected chi connectivity index (χ0v) is 15.0. The van der Waals surface area contributed by atoms with Gasteiger partial charge in [0.2, 0.25) is 0 Å². The van der Waals surface area contributed by atoms with Crippen molar-refractivity contribution in [3.05, 3.63) is 66.2 Å². The van der Waals surface area contributed by atoms with Crippen molar-refractivity contribution in [2.24, 2.45) is 4.99 Å². The maximum Gasteiger partial charge on any atom is 0.191 e. The van der Waals surface area contributed by atoms with E-state index in [2.05, 4.69) is 39.7 Å². The summed E-state index contributed by atoms with van der Waals surface area (Å²) in [6.45, 7) is 2.38. The van der Waals surface area contributed by atoms with E-state index in [9.17, 15) is 5.11 Å². The predicted octanol–water partition coefficient (Wildman–Crippen LogP) is 2.06. The first kappa shape index (κ1) is 18.8. The van der Waals surface area contributed by atoms with Crippen molar-refractivity contribution >= 4 is 11.6 Å². The van der Waals surface area contributed by atoms with Crippen LogP contribution in [-0.2, 0) is 0 Å². The van der Waals surface area contributed by atoms with Crippen LogP contribution in [-0.4, -0.2) is 51.4 Å². The monoisotopic (exact) mass is 340 g/mol. The first-order valence-electron chi connectivity index (χ1n) is 8.61. The normalized spacial score (nSPS) is 12.5. The lowest BCUT2D eigenvalue weighted by Crippen LogP contribution is -2.42. The number of anilines is 1. The third-order valence-electron chi connectivity index (χ3n) is 4.17. The molecule has 2 aromatic rings. The molecule has 0 fully saturated rings. The molecule has 0 heterocycles. The van der Waals surface area contributed by atoms with Gasteiger partial charge >= 0.3 is 0 Å². The number of guanidine groups is 1. The zero-order valence-electron chi connectivity index (χ0n) is 15.0. The molecular weight excluding hydrogens is 312 g/mol. The molecule has 134 valence electrons. The van der Waals surface area contributed by atoms with Crippen LogP contribution >= 0.6 is 0 Å². The largest absolute Gasteiger partial charge is 0.396 e. The Balaban J connectivity index is 1.77. The maximum absolute atomic E-state index is 9.63. The molecule has 0 saturated heterocycles. The zero-order chi connectivity index (χ0) is 17.9. The smallest absolute Gasteiger partial charge is 0.191 e. The quantitative estimate of drug-likeness (QED) is 0.509. The van der Waals surface area contributed by atoms with E-state index in [1.165, 1.54) is 5.69 Å². The van der Waals surface area contributed by atoms with Crippen molar-refractivity contribution in [3.8, 4) is 0 Å². The van der Waals surface area contributed by atoms with Gasteiger partial charge in [-0.3, -0.25) is 4.99 Å². The maximum atomic E-state index is 9.63. The Morgan fingerprint density at radius 1 is 1.04 bits per heavy atom. The Bertz CT molecular complexity index is 631. The molecule has 0 aliphatic rings. The molecule has 0 aliphatic carbocycles. The van der Waals surface area contributed by atoms with Crippen LogP contribution in [0, 0.1) is 0 Å². The van der Waals surface area contributed by atoms with E-state index in [0.29, 0.717) is 6.54 Å². The molecule has 0 amide bonds. The number of likely N-dealkylation sites (N-methyl/N-ethyl adjacent to an activating group) is 1. The van der Waals surface area contributed by atoms with Crippen molar-refractivity contribution in [1.82, 2.24) is 10.6 Å². The van der Waals surface area contributed by atoms with Crippen molar-refractivity contribution in [3.63, 3.8) is 0 Å². The summed E-state index contributed by atoms with van der Waals surface area (Å²) in [4.78, 5) is 6.45. The molecule has 2 aromatic carbocycles. The van der Waals surface area contributed by atoms with Crippen LogP contribution < -0.4 is 15.5 Å². The van der Waals surface area contributed by atoms with Gasteiger partial charge in [-0.05, 0) is 17.7 Å². The summed E-state index contributed by atoms with van der Waals surface area (Å²) in [5.74, 6) is 0.794. The van der Waals surface area contributed by atoms with Crippen LogP contribution in [0.2, 0.25) is 0 Å². The number of nitrogens with one attached hydrogen (secondary N) is 2. The van der Waals surface area contributed by atoms with E-state index in [4.69, 9.17) is 0 Å². The van der Waals surface area contributed by atoms with E-state index in [1.54, 1.807) is 7.05 Å². The van der Waals surface area contributed by atoms with Gasteiger partial charge in [-0.1, -0.05) is 48.5 Å². The van der Waals surface area contributed by atoms with Gasteiger partial charge in [-0.2, -0.15) is 0 Å². The number of aliphatic imine (C=N–C) groups is 1. The van der Waals surface area contributed by atoms with Gasteiger partial charge in [0.1, 0.15) is 0 Å². The number of benzene rings is 2. The van der Waals surface area contributed by atoms with Gasteiger partial charge in [-0.15, -0.1) is 0 Å². The average Bonchev–Trinajstić information content (AvgIpc) is 2.68. The first-order chi connectivity index (χ1) is 12.2. The number of hydrogen-bond acceptors (Lipinski definition) is 3. The summed E-state index contributed by atoms with van der Waals surface area (Å²) in [5, 5.41) is 16.2. The summed E-state index contributed by atoms with van der Waals surface area (Å²) >= 11 is 0. The summed E-state index contributed by atoms with van der Waals surface area (Å²) in [6.07, 6.45) is 0. The molecule has 0 bridgehead atoms. The lowest BCUT2D eigenvalue weighted by molar-refractivity contribution is 0.265. The van der Waals surface area contributed by atoms with Crippen molar-refractivity contribution in [1.29, 1.82) is 0 Å². The van der Waals surface area contributed by atoms with Crippen molar-refractivity contribution < 1.29 is 5.11 Å². The minimum atomic E-state index is 0.0479. The second-order valence-electron chi connectivity index (χ2n) is 5.93. The number of hydrogen-bond donors (Lipinski definition) is 3. The van der Waals surface area contributed by atoms with E-state index in [-0.39, 0.29) is 12.5 Å². The lowest BCUT2D eigenvalue weighted by atomic mass is 10.0. The average molecular weight is 340 g/mol. The van der Waals surface area contributed by atoms with Gasteiger partial charge in [0, 0.05) is 45.3 Å². The Morgan fingerprint density at radius 3 is 2.28 bits per heavy atom. The Hall–Kier alpha value is -2.53. The molecule has 0 saturated carbocycles. The van der Waals surface area contributed by atoms with Crippen LogP contribution in [0.15, 0.2) is 65.7 Å². The minimum absolute atomic E-state index is 0.0479. The van der Waals surface area contributed by atoms with Gasteiger partial charge < -0.3 is 20.6 Å². The molecule has 5 heteroatoms. The number of nitrogens with zero attached hydrogens (tertiary/aromatic N) is 2. The van der Waals surface area contributed by atoms with Gasteiger partial charge in [-0.25, -0.2) is 0 Å². The van der Waals surface area contributed by atoms with Gasteiger partial charge in [0.05, 0.1) is 6.61 Å². The fourth-order valence-electron chi connectivity index (χ4n) is 2.61. The van der Waals surface area contributed by atoms with Crippen LogP contribution in [0.3, 0.4) is 0 Å². The molecule has 25 heavy (non-hydrogen) atoms.